The summed E-state index contributed by atoms with van der Waals surface area (Å²) in [5.74, 6) is -2.89. The molecule has 1 atom stereocenters. The number of aliphatic carboxylic acids is 1. The van der Waals surface area contributed by atoms with Crippen LogP contribution in [0.4, 0.5) is 10.5 Å². The largest absolute Gasteiger partial charge is 0.481 e. The maximum absolute atomic E-state index is 12.4. The van der Waals surface area contributed by atoms with Gasteiger partial charge in [-0.2, -0.15) is 0 Å². The average Bonchev–Trinajstić information content (AvgIpc) is 2.66. The number of urea groups is 1. The first-order chi connectivity index (χ1) is 12.3. The maximum Gasteiger partial charge on any atom is 0.337 e. The van der Waals surface area contributed by atoms with E-state index < -0.39 is 29.9 Å². The van der Waals surface area contributed by atoms with Crippen LogP contribution in [0.15, 0.2) is 18.2 Å². The molecule has 1 aromatic rings. The first-order valence-corrected chi connectivity index (χ1v) is 7.96. The highest BCUT2D eigenvalue weighted by Gasteiger charge is 2.28. The molecule has 2 rings (SSSR count). The lowest BCUT2D eigenvalue weighted by Gasteiger charge is -2.30. The molecule has 9 nitrogen and oxygen atoms in total. The first-order valence-electron chi connectivity index (χ1n) is 7.96. The Hall–Kier alpha value is -3.10. The van der Waals surface area contributed by atoms with Gasteiger partial charge in [0.15, 0.2) is 0 Å². The van der Waals surface area contributed by atoms with E-state index in [1.807, 2.05) is 0 Å². The van der Waals surface area contributed by atoms with Crippen molar-refractivity contribution in [3.8, 4) is 0 Å². The third kappa shape index (κ3) is 4.50. The number of esters is 2. The molecule has 9 heteroatoms. The van der Waals surface area contributed by atoms with Crippen molar-refractivity contribution in [2.45, 2.75) is 12.8 Å². The Balaban J connectivity index is 2.21. The second-order valence-electron chi connectivity index (χ2n) is 5.84. The van der Waals surface area contributed by atoms with Crippen molar-refractivity contribution >= 4 is 29.6 Å². The van der Waals surface area contributed by atoms with Gasteiger partial charge >= 0.3 is 23.9 Å². The van der Waals surface area contributed by atoms with Crippen LogP contribution in [0.5, 0.6) is 0 Å². The highest BCUT2D eigenvalue weighted by atomic mass is 16.5. The summed E-state index contributed by atoms with van der Waals surface area (Å²) in [5.41, 5.74) is 0.358. The molecule has 1 fully saturated rings. The number of nitrogens with one attached hydrogen (secondary N) is 1. The van der Waals surface area contributed by atoms with E-state index in [9.17, 15) is 19.2 Å². The van der Waals surface area contributed by atoms with E-state index in [2.05, 4.69) is 14.8 Å². The molecule has 0 saturated carbocycles. The van der Waals surface area contributed by atoms with Gasteiger partial charge in [0.05, 0.1) is 31.3 Å². The first kappa shape index (κ1) is 19.2. The van der Waals surface area contributed by atoms with Gasteiger partial charge in [-0.25, -0.2) is 14.4 Å². The van der Waals surface area contributed by atoms with Crippen LogP contribution in [0.1, 0.15) is 33.6 Å². The van der Waals surface area contributed by atoms with Gasteiger partial charge in [-0.1, -0.05) is 0 Å². The number of hydrogen-bond acceptors (Lipinski definition) is 6. The molecule has 0 radical (unpaired) electrons. The normalized spacial score (nSPS) is 16.5. The van der Waals surface area contributed by atoms with Crippen molar-refractivity contribution in [3.05, 3.63) is 29.3 Å². The van der Waals surface area contributed by atoms with Gasteiger partial charge in [-0.3, -0.25) is 4.79 Å². The number of hydrogen-bond donors (Lipinski definition) is 2. The number of piperidine rings is 1. The van der Waals surface area contributed by atoms with E-state index >= 15 is 0 Å². The summed E-state index contributed by atoms with van der Waals surface area (Å²) in [4.78, 5) is 48.5. The van der Waals surface area contributed by atoms with Gasteiger partial charge < -0.3 is 24.8 Å². The predicted molar refractivity (Wildman–Crippen MR) is 90.1 cm³/mol. The Morgan fingerprint density at radius 3 is 2.15 bits per heavy atom. The number of amides is 2. The lowest BCUT2D eigenvalue weighted by Crippen LogP contribution is -2.44. The molecule has 2 amide bonds. The lowest BCUT2D eigenvalue weighted by atomic mass is 9.99. The Labute approximate surface area is 149 Å². The van der Waals surface area contributed by atoms with Gasteiger partial charge in [0.25, 0.3) is 0 Å². The Kier molecular flexibility index (Phi) is 6.16. The summed E-state index contributed by atoms with van der Waals surface area (Å²) in [5, 5.41) is 11.7. The van der Waals surface area contributed by atoms with E-state index in [4.69, 9.17) is 5.11 Å². The Morgan fingerprint density at radius 2 is 1.65 bits per heavy atom. The van der Waals surface area contributed by atoms with Crippen molar-refractivity contribution in [1.82, 2.24) is 4.90 Å². The molecule has 1 heterocycles. The summed E-state index contributed by atoms with van der Waals surface area (Å²) in [6.07, 6.45) is 1.10. The van der Waals surface area contributed by atoms with Crippen molar-refractivity contribution in [3.63, 3.8) is 0 Å². The van der Waals surface area contributed by atoms with Gasteiger partial charge in [0, 0.05) is 18.8 Å². The molecule has 1 aromatic carbocycles. The van der Waals surface area contributed by atoms with Crippen LogP contribution in [0.25, 0.3) is 0 Å². The molecule has 1 saturated heterocycles. The third-order valence-electron chi connectivity index (χ3n) is 4.08. The van der Waals surface area contributed by atoms with Gasteiger partial charge in [-0.15, -0.1) is 0 Å². The van der Waals surface area contributed by atoms with Crippen molar-refractivity contribution in [1.29, 1.82) is 0 Å². The van der Waals surface area contributed by atoms with E-state index in [-0.39, 0.29) is 23.4 Å². The molecule has 140 valence electrons. The minimum atomic E-state index is -0.942. The zero-order valence-electron chi connectivity index (χ0n) is 14.5. The fourth-order valence-corrected chi connectivity index (χ4v) is 2.74. The second-order valence-corrected chi connectivity index (χ2v) is 5.84. The number of ether oxygens (including phenoxy) is 2. The number of likely N-dealkylation sites (tertiary alicyclic amines) is 1. The number of methoxy groups -OCH3 is 2. The van der Waals surface area contributed by atoms with Crippen LogP contribution in [0, 0.1) is 5.92 Å². The quantitative estimate of drug-likeness (QED) is 0.778. The number of carbonyl (C=O) groups is 4. The highest BCUT2D eigenvalue weighted by Crippen LogP contribution is 2.20. The number of anilines is 1. The van der Waals surface area contributed by atoms with Crippen LogP contribution >= 0.6 is 0 Å². The van der Waals surface area contributed by atoms with Crippen molar-refractivity contribution in [2.75, 3.05) is 32.6 Å². The van der Waals surface area contributed by atoms with Gasteiger partial charge in [0.2, 0.25) is 0 Å². The number of nitrogens with zero attached hydrogens (tertiary/aromatic N) is 1. The zero-order chi connectivity index (χ0) is 19.3. The molecule has 0 aliphatic carbocycles. The Morgan fingerprint density at radius 1 is 1.08 bits per heavy atom. The standard InChI is InChI=1S/C17H20N2O7/c1-25-15(22)11-6-12(16(23)26-2)8-13(7-11)18-17(24)19-5-3-4-10(9-19)14(20)21/h6-8,10H,3-5,9H2,1-2H3,(H,18,24)(H,20,21). The topological polar surface area (TPSA) is 122 Å². The average molecular weight is 364 g/mol. The van der Waals surface area contributed by atoms with Crippen LogP contribution < -0.4 is 5.32 Å². The highest BCUT2D eigenvalue weighted by molar-refractivity contribution is 5.99. The van der Waals surface area contributed by atoms with Crippen LogP contribution in [0.2, 0.25) is 0 Å². The second kappa shape index (κ2) is 8.32. The van der Waals surface area contributed by atoms with Crippen LogP contribution in [-0.2, 0) is 14.3 Å². The minimum Gasteiger partial charge on any atom is -0.481 e. The van der Waals surface area contributed by atoms with E-state index in [0.29, 0.717) is 19.4 Å². The molecule has 2 N–H and O–H groups in total. The predicted octanol–water partition coefficient (Wildman–Crippen LogP) is 1.59. The monoisotopic (exact) mass is 364 g/mol. The summed E-state index contributed by atoms with van der Waals surface area (Å²) >= 11 is 0. The van der Waals surface area contributed by atoms with Crippen molar-refractivity contribution < 1.29 is 33.8 Å². The molecule has 1 aliphatic rings. The lowest BCUT2D eigenvalue weighted by molar-refractivity contribution is -0.143. The van der Waals surface area contributed by atoms with Crippen molar-refractivity contribution in [2.24, 2.45) is 5.92 Å². The smallest absolute Gasteiger partial charge is 0.337 e. The van der Waals surface area contributed by atoms with Crippen LogP contribution in [-0.4, -0.2) is 61.3 Å². The number of rotatable bonds is 4. The summed E-state index contributed by atoms with van der Waals surface area (Å²) in [6, 6.07) is 3.53. The molecule has 1 aliphatic heterocycles. The van der Waals surface area contributed by atoms with E-state index in [1.54, 1.807) is 0 Å². The van der Waals surface area contributed by atoms with Crippen LogP contribution in [0.3, 0.4) is 0 Å². The molecule has 0 bridgehead atoms. The molecule has 0 spiro atoms. The summed E-state index contributed by atoms with van der Waals surface area (Å²) in [6.45, 7) is 0.526. The molecule has 0 aromatic heterocycles. The molecule has 26 heavy (non-hydrogen) atoms. The molecular weight excluding hydrogens is 344 g/mol. The number of carbonyl (C=O) groups excluding carboxylic acids is 3. The number of carboxylic acid groups (broad SMARTS) is 1. The minimum absolute atomic E-state index is 0.0766. The van der Waals surface area contributed by atoms with E-state index in [0.717, 1.165) is 0 Å². The molecular formula is C17H20N2O7. The fourth-order valence-electron chi connectivity index (χ4n) is 2.74. The van der Waals surface area contributed by atoms with Gasteiger partial charge in [0.1, 0.15) is 0 Å². The van der Waals surface area contributed by atoms with Gasteiger partial charge in [-0.05, 0) is 31.0 Å². The van der Waals surface area contributed by atoms with E-state index in [1.165, 1.54) is 37.3 Å². The third-order valence-corrected chi connectivity index (χ3v) is 4.08. The summed E-state index contributed by atoms with van der Waals surface area (Å²) < 4.78 is 9.28. The molecule has 1 unspecified atom stereocenters. The maximum atomic E-state index is 12.4. The number of benzene rings is 1. The zero-order valence-corrected chi connectivity index (χ0v) is 14.5. The summed E-state index contributed by atoms with van der Waals surface area (Å²) in [7, 11) is 2.40. The number of carboxylic acids is 1. The Bertz CT molecular complexity index is 698. The SMILES string of the molecule is COC(=O)c1cc(NC(=O)N2CCCC(C(=O)O)C2)cc(C(=O)OC)c1. The fraction of sp³-hybridized carbons (Fsp3) is 0.412.